The van der Waals surface area contributed by atoms with Crippen LogP contribution in [0.2, 0.25) is 0 Å². The number of piperazine rings is 1. The molecule has 0 bridgehead atoms. The van der Waals surface area contributed by atoms with Crippen molar-refractivity contribution >= 4 is 5.97 Å². The zero-order valence-corrected chi connectivity index (χ0v) is 11.6. The molecule has 0 aromatic carbocycles. The van der Waals surface area contributed by atoms with Gasteiger partial charge >= 0.3 is 5.97 Å². The predicted molar refractivity (Wildman–Crippen MR) is 71.9 cm³/mol. The molecule has 0 aliphatic carbocycles. The average Bonchev–Trinajstić information content (AvgIpc) is 2.84. The topological polar surface area (TPSA) is 56.9 Å². The first kappa shape index (κ1) is 14.1. The van der Waals surface area contributed by atoms with Gasteiger partial charge < -0.3 is 14.4 Å². The Morgan fingerprint density at radius 2 is 2.05 bits per heavy atom. The van der Waals surface area contributed by atoms with Crippen molar-refractivity contribution in [2.24, 2.45) is 5.92 Å². The van der Waals surface area contributed by atoms with Gasteiger partial charge in [0.1, 0.15) is 5.76 Å². The van der Waals surface area contributed by atoms with Gasteiger partial charge in [-0.15, -0.1) is 0 Å². The van der Waals surface area contributed by atoms with E-state index in [1.165, 1.54) is 6.26 Å². The molecule has 1 aliphatic heterocycles. The summed E-state index contributed by atoms with van der Waals surface area (Å²) >= 11 is 0. The summed E-state index contributed by atoms with van der Waals surface area (Å²) in [4.78, 5) is 15.8. The third-order valence-electron chi connectivity index (χ3n) is 3.44. The number of rotatable bonds is 5. The Morgan fingerprint density at radius 1 is 1.37 bits per heavy atom. The molecule has 0 spiro atoms. The molecule has 1 fully saturated rings. The first-order chi connectivity index (χ1) is 9.08. The standard InChI is InChI=1S/C14H22N2O3/c1-11(2)10-15-5-7-16(8-6-15)13(14(17)18)12-4-3-9-19-12/h3-4,9,11,13H,5-8,10H2,1-2H3,(H,17,18). The summed E-state index contributed by atoms with van der Waals surface area (Å²) in [7, 11) is 0. The van der Waals surface area contributed by atoms with E-state index in [1.54, 1.807) is 12.1 Å². The Balaban J connectivity index is 1.97. The van der Waals surface area contributed by atoms with E-state index < -0.39 is 12.0 Å². The second-order valence-corrected chi connectivity index (χ2v) is 5.49. The van der Waals surface area contributed by atoms with Gasteiger partial charge in [-0.05, 0) is 18.1 Å². The monoisotopic (exact) mass is 266 g/mol. The molecular formula is C14H22N2O3. The molecule has 5 heteroatoms. The third kappa shape index (κ3) is 3.58. The lowest BCUT2D eigenvalue weighted by Gasteiger charge is -2.37. The highest BCUT2D eigenvalue weighted by atomic mass is 16.4. The molecule has 1 aromatic rings. The number of carboxylic acids is 1. The zero-order chi connectivity index (χ0) is 13.8. The van der Waals surface area contributed by atoms with Crippen molar-refractivity contribution in [2.75, 3.05) is 32.7 Å². The number of furan rings is 1. The fourth-order valence-corrected chi connectivity index (χ4v) is 2.63. The third-order valence-corrected chi connectivity index (χ3v) is 3.44. The Morgan fingerprint density at radius 3 is 2.53 bits per heavy atom. The summed E-state index contributed by atoms with van der Waals surface area (Å²) in [6.07, 6.45) is 1.53. The summed E-state index contributed by atoms with van der Waals surface area (Å²) in [5.41, 5.74) is 0. The lowest BCUT2D eigenvalue weighted by molar-refractivity contribution is -0.145. The minimum atomic E-state index is -0.841. The van der Waals surface area contributed by atoms with Gasteiger partial charge in [0.15, 0.2) is 6.04 Å². The van der Waals surface area contributed by atoms with Crippen molar-refractivity contribution in [1.29, 1.82) is 0 Å². The SMILES string of the molecule is CC(C)CN1CCN(C(C(=O)O)c2ccco2)CC1. The normalized spacial score (nSPS) is 19.7. The number of aliphatic carboxylic acids is 1. The van der Waals surface area contributed by atoms with Crippen molar-refractivity contribution in [3.63, 3.8) is 0 Å². The van der Waals surface area contributed by atoms with Crippen molar-refractivity contribution in [1.82, 2.24) is 9.80 Å². The smallest absolute Gasteiger partial charge is 0.328 e. The van der Waals surface area contributed by atoms with Gasteiger partial charge in [-0.3, -0.25) is 9.69 Å². The number of carbonyl (C=O) groups is 1. The molecular weight excluding hydrogens is 244 g/mol. The van der Waals surface area contributed by atoms with E-state index in [2.05, 4.69) is 18.7 Å². The molecule has 1 aliphatic rings. The molecule has 19 heavy (non-hydrogen) atoms. The largest absolute Gasteiger partial charge is 0.480 e. The van der Waals surface area contributed by atoms with Crippen molar-refractivity contribution in [3.8, 4) is 0 Å². The van der Waals surface area contributed by atoms with Crippen LogP contribution in [0.4, 0.5) is 0 Å². The zero-order valence-electron chi connectivity index (χ0n) is 11.6. The van der Waals surface area contributed by atoms with Gasteiger partial charge in [-0.1, -0.05) is 13.8 Å². The summed E-state index contributed by atoms with van der Waals surface area (Å²) in [6, 6.07) is 2.82. The summed E-state index contributed by atoms with van der Waals surface area (Å²) in [5, 5.41) is 9.39. The summed E-state index contributed by atoms with van der Waals surface area (Å²) < 4.78 is 5.27. The van der Waals surface area contributed by atoms with Crippen molar-refractivity contribution in [3.05, 3.63) is 24.2 Å². The van der Waals surface area contributed by atoms with Crippen LogP contribution in [0.1, 0.15) is 25.6 Å². The fourth-order valence-electron chi connectivity index (χ4n) is 2.63. The quantitative estimate of drug-likeness (QED) is 0.878. The van der Waals surface area contributed by atoms with Crippen LogP contribution in [0.25, 0.3) is 0 Å². The molecule has 1 atom stereocenters. The average molecular weight is 266 g/mol. The van der Waals surface area contributed by atoms with Crippen LogP contribution in [0.15, 0.2) is 22.8 Å². The highest BCUT2D eigenvalue weighted by molar-refractivity contribution is 5.74. The van der Waals surface area contributed by atoms with Crippen LogP contribution < -0.4 is 0 Å². The van der Waals surface area contributed by atoms with Crippen molar-refractivity contribution < 1.29 is 14.3 Å². The molecule has 1 N–H and O–H groups in total. The first-order valence-corrected chi connectivity index (χ1v) is 6.80. The highest BCUT2D eigenvalue weighted by Gasteiger charge is 2.32. The van der Waals surface area contributed by atoms with Crippen LogP contribution in [-0.4, -0.2) is 53.6 Å². The number of hydrogen-bond acceptors (Lipinski definition) is 4. The molecule has 2 heterocycles. The van der Waals surface area contributed by atoms with E-state index >= 15 is 0 Å². The van der Waals surface area contributed by atoms with E-state index in [0.29, 0.717) is 11.7 Å². The molecule has 1 saturated heterocycles. The molecule has 1 aromatic heterocycles. The summed E-state index contributed by atoms with van der Waals surface area (Å²) in [5.74, 6) is 0.323. The second-order valence-electron chi connectivity index (χ2n) is 5.49. The van der Waals surface area contributed by atoms with Gasteiger partial charge in [0.2, 0.25) is 0 Å². The maximum atomic E-state index is 11.4. The van der Waals surface area contributed by atoms with Crippen LogP contribution in [-0.2, 0) is 4.79 Å². The maximum absolute atomic E-state index is 11.4. The lowest BCUT2D eigenvalue weighted by Crippen LogP contribution is -2.49. The summed E-state index contributed by atoms with van der Waals surface area (Å²) in [6.45, 7) is 8.86. The van der Waals surface area contributed by atoms with Crippen molar-refractivity contribution in [2.45, 2.75) is 19.9 Å². The van der Waals surface area contributed by atoms with E-state index in [4.69, 9.17) is 4.42 Å². The van der Waals surface area contributed by atoms with Crippen LogP contribution in [0, 0.1) is 5.92 Å². The second kappa shape index (κ2) is 6.21. The molecule has 1 unspecified atom stereocenters. The molecule has 0 saturated carbocycles. The van der Waals surface area contributed by atoms with Crippen LogP contribution >= 0.6 is 0 Å². The van der Waals surface area contributed by atoms with E-state index in [1.807, 2.05) is 4.90 Å². The fraction of sp³-hybridized carbons (Fsp3) is 0.643. The number of carboxylic acid groups (broad SMARTS) is 1. The van der Waals surface area contributed by atoms with Gasteiger partial charge in [-0.25, -0.2) is 0 Å². The maximum Gasteiger partial charge on any atom is 0.328 e. The Labute approximate surface area is 113 Å². The number of hydrogen-bond donors (Lipinski definition) is 1. The van der Waals surface area contributed by atoms with Gasteiger partial charge in [0.25, 0.3) is 0 Å². The molecule has 106 valence electrons. The Bertz CT molecular complexity index is 395. The molecule has 0 amide bonds. The van der Waals surface area contributed by atoms with E-state index in [0.717, 1.165) is 32.7 Å². The molecule has 2 rings (SSSR count). The minimum absolute atomic E-state index is 0.518. The Kier molecular flexibility index (Phi) is 4.61. The lowest BCUT2D eigenvalue weighted by atomic mass is 10.1. The van der Waals surface area contributed by atoms with Gasteiger partial charge in [-0.2, -0.15) is 0 Å². The van der Waals surface area contributed by atoms with Gasteiger partial charge in [0.05, 0.1) is 6.26 Å². The van der Waals surface area contributed by atoms with Gasteiger partial charge in [0, 0.05) is 32.7 Å². The van der Waals surface area contributed by atoms with E-state index in [9.17, 15) is 9.90 Å². The number of nitrogens with zero attached hydrogens (tertiary/aromatic N) is 2. The highest BCUT2D eigenvalue weighted by Crippen LogP contribution is 2.23. The predicted octanol–water partition coefficient (Wildman–Crippen LogP) is 1.68. The molecule has 5 nitrogen and oxygen atoms in total. The minimum Gasteiger partial charge on any atom is -0.480 e. The van der Waals surface area contributed by atoms with Crippen LogP contribution in [0.3, 0.4) is 0 Å². The van der Waals surface area contributed by atoms with Crippen LogP contribution in [0.5, 0.6) is 0 Å². The Hall–Kier alpha value is -1.33. The van der Waals surface area contributed by atoms with E-state index in [-0.39, 0.29) is 0 Å². The first-order valence-electron chi connectivity index (χ1n) is 6.80. The molecule has 0 radical (unpaired) electrons.